The Bertz CT molecular complexity index is 313. The summed E-state index contributed by atoms with van der Waals surface area (Å²) in [5.74, 6) is 0. The zero-order chi connectivity index (χ0) is 10.8. The first kappa shape index (κ1) is 10.8. The molecule has 0 fully saturated rings. The van der Waals surface area contributed by atoms with Crippen LogP contribution in [0.5, 0.6) is 0 Å². The SMILES string of the molecule is C=Cc1ccc([C@@H](N)C(F)(F)F)cc1. The molecule has 0 saturated heterocycles. The van der Waals surface area contributed by atoms with Crippen molar-refractivity contribution in [1.29, 1.82) is 0 Å². The van der Waals surface area contributed by atoms with E-state index in [9.17, 15) is 13.2 Å². The van der Waals surface area contributed by atoms with Crippen LogP contribution in [0.3, 0.4) is 0 Å². The van der Waals surface area contributed by atoms with Gasteiger partial charge in [-0.3, -0.25) is 0 Å². The first-order valence-corrected chi connectivity index (χ1v) is 4.00. The fourth-order valence-electron chi connectivity index (χ4n) is 1.03. The highest BCUT2D eigenvalue weighted by atomic mass is 19.4. The Labute approximate surface area is 80.0 Å². The van der Waals surface area contributed by atoms with E-state index in [1.54, 1.807) is 18.2 Å². The molecule has 0 aliphatic carbocycles. The molecule has 0 unspecified atom stereocenters. The topological polar surface area (TPSA) is 26.0 Å². The molecule has 0 aliphatic rings. The third-order valence-corrected chi connectivity index (χ3v) is 1.88. The summed E-state index contributed by atoms with van der Waals surface area (Å²) in [6, 6.07) is 3.90. The van der Waals surface area contributed by atoms with Crippen LogP contribution in [0.15, 0.2) is 30.8 Å². The van der Waals surface area contributed by atoms with E-state index in [0.717, 1.165) is 5.56 Å². The second-order valence-electron chi connectivity index (χ2n) is 2.89. The fraction of sp³-hybridized carbons (Fsp3) is 0.200. The first-order valence-electron chi connectivity index (χ1n) is 4.00. The lowest BCUT2D eigenvalue weighted by molar-refractivity contribution is -0.149. The summed E-state index contributed by atoms with van der Waals surface area (Å²) in [4.78, 5) is 0. The lowest BCUT2D eigenvalue weighted by atomic mass is 10.1. The molecule has 0 bridgehead atoms. The summed E-state index contributed by atoms with van der Waals surface area (Å²) >= 11 is 0. The maximum atomic E-state index is 12.2. The standard InChI is InChI=1S/C10H10F3N/c1-2-7-3-5-8(6-4-7)9(14)10(11,12)13/h2-6,9H,1,14H2/t9-/m1/s1. The van der Waals surface area contributed by atoms with Gasteiger partial charge in [-0.1, -0.05) is 36.9 Å². The molecule has 1 atom stereocenters. The summed E-state index contributed by atoms with van der Waals surface area (Å²) in [6.45, 7) is 3.50. The number of benzene rings is 1. The monoisotopic (exact) mass is 201 g/mol. The maximum Gasteiger partial charge on any atom is 0.407 e. The van der Waals surface area contributed by atoms with E-state index in [1.807, 2.05) is 0 Å². The number of halogens is 3. The van der Waals surface area contributed by atoms with Gasteiger partial charge in [-0.2, -0.15) is 13.2 Å². The van der Waals surface area contributed by atoms with E-state index in [-0.39, 0.29) is 5.56 Å². The van der Waals surface area contributed by atoms with Crippen molar-refractivity contribution < 1.29 is 13.2 Å². The average Bonchev–Trinajstić information content (AvgIpc) is 2.15. The van der Waals surface area contributed by atoms with Gasteiger partial charge in [0.05, 0.1) is 0 Å². The molecule has 0 aliphatic heterocycles. The number of nitrogens with two attached hydrogens (primary N) is 1. The Morgan fingerprint density at radius 2 is 1.71 bits per heavy atom. The van der Waals surface area contributed by atoms with Crippen LogP contribution >= 0.6 is 0 Å². The van der Waals surface area contributed by atoms with Crippen molar-refractivity contribution in [3.63, 3.8) is 0 Å². The van der Waals surface area contributed by atoms with Crippen LogP contribution in [0, 0.1) is 0 Å². The lowest BCUT2D eigenvalue weighted by Crippen LogP contribution is -2.28. The van der Waals surface area contributed by atoms with Gasteiger partial charge in [0.25, 0.3) is 0 Å². The zero-order valence-corrected chi connectivity index (χ0v) is 7.38. The fourth-order valence-corrected chi connectivity index (χ4v) is 1.03. The van der Waals surface area contributed by atoms with Crippen LogP contribution in [-0.4, -0.2) is 6.18 Å². The molecule has 1 aromatic rings. The van der Waals surface area contributed by atoms with Gasteiger partial charge in [0, 0.05) is 0 Å². The molecule has 0 spiro atoms. The lowest BCUT2D eigenvalue weighted by Gasteiger charge is -2.15. The van der Waals surface area contributed by atoms with Gasteiger partial charge in [0.15, 0.2) is 0 Å². The van der Waals surface area contributed by atoms with Crippen molar-refractivity contribution in [2.24, 2.45) is 5.73 Å². The molecule has 1 rings (SSSR count). The van der Waals surface area contributed by atoms with E-state index in [4.69, 9.17) is 5.73 Å². The minimum Gasteiger partial charge on any atom is -0.316 e. The Morgan fingerprint density at radius 3 is 2.07 bits per heavy atom. The van der Waals surface area contributed by atoms with E-state index in [1.165, 1.54) is 12.1 Å². The van der Waals surface area contributed by atoms with E-state index in [0.29, 0.717) is 0 Å². The van der Waals surface area contributed by atoms with Crippen molar-refractivity contribution >= 4 is 6.08 Å². The smallest absolute Gasteiger partial charge is 0.316 e. The van der Waals surface area contributed by atoms with Crippen molar-refractivity contribution in [3.05, 3.63) is 42.0 Å². The van der Waals surface area contributed by atoms with Gasteiger partial charge in [0.2, 0.25) is 0 Å². The molecule has 0 amide bonds. The van der Waals surface area contributed by atoms with E-state index >= 15 is 0 Å². The predicted molar refractivity (Wildman–Crippen MR) is 49.5 cm³/mol. The Kier molecular flexibility index (Phi) is 2.96. The maximum absolute atomic E-state index is 12.2. The average molecular weight is 201 g/mol. The molecule has 1 nitrogen and oxygen atoms in total. The minimum absolute atomic E-state index is 0.0584. The molecular weight excluding hydrogens is 191 g/mol. The van der Waals surface area contributed by atoms with Crippen LogP contribution in [0.1, 0.15) is 17.2 Å². The quantitative estimate of drug-likeness (QED) is 0.782. The number of alkyl halides is 3. The number of hydrogen-bond acceptors (Lipinski definition) is 1. The van der Waals surface area contributed by atoms with Crippen LogP contribution in [0.25, 0.3) is 6.08 Å². The second-order valence-corrected chi connectivity index (χ2v) is 2.89. The highest BCUT2D eigenvalue weighted by Gasteiger charge is 2.37. The van der Waals surface area contributed by atoms with Crippen molar-refractivity contribution in [2.45, 2.75) is 12.2 Å². The van der Waals surface area contributed by atoms with Crippen LogP contribution in [0.4, 0.5) is 13.2 Å². The van der Waals surface area contributed by atoms with Crippen molar-refractivity contribution in [2.75, 3.05) is 0 Å². The number of hydrogen-bond donors (Lipinski definition) is 1. The van der Waals surface area contributed by atoms with Gasteiger partial charge in [0.1, 0.15) is 6.04 Å². The Morgan fingerprint density at radius 1 is 1.21 bits per heavy atom. The van der Waals surface area contributed by atoms with Gasteiger partial charge in [-0.25, -0.2) is 0 Å². The summed E-state index contributed by atoms with van der Waals surface area (Å²) < 4.78 is 36.5. The van der Waals surface area contributed by atoms with E-state index in [2.05, 4.69) is 6.58 Å². The Hall–Kier alpha value is -1.29. The molecule has 14 heavy (non-hydrogen) atoms. The number of rotatable bonds is 2. The molecule has 0 saturated carbocycles. The van der Waals surface area contributed by atoms with Gasteiger partial charge in [-0.15, -0.1) is 0 Å². The van der Waals surface area contributed by atoms with Crippen molar-refractivity contribution in [3.8, 4) is 0 Å². The Balaban J connectivity index is 2.92. The summed E-state index contributed by atoms with van der Waals surface area (Å²) in [5, 5.41) is 0. The highest BCUT2D eigenvalue weighted by Crippen LogP contribution is 2.30. The molecule has 0 radical (unpaired) electrons. The summed E-state index contributed by atoms with van der Waals surface area (Å²) in [7, 11) is 0. The van der Waals surface area contributed by atoms with Crippen LogP contribution < -0.4 is 5.73 Å². The molecule has 2 N–H and O–H groups in total. The molecule has 0 heterocycles. The molecule has 1 aromatic carbocycles. The molecule has 76 valence electrons. The second kappa shape index (κ2) is 3.84. The normalized spacial score (nSPS) is 13.7. The third kappa shape index (κ3) is 2.35. The largest absolute Gasteiger partial charge is 0.407 e. The minimum atomic E-state index is -4.39. The van der Waals surface area contributed by atoms with Gasteiger partial charge >= 0.3 is 6.18 Å². The molecule has 4 heteroatoms. The third-order valence-electron chi connectivity index (χ3n) is 1.88. The van der Waals surface area contributed by atoms with Gasteiger partial charge < -0.3 is 5.73 Å². The van der Waals surface area contributed by atoms with Gasteiger partial charge in [-0.05, 0) is 11.1 Å². The first-order chi connectivity index (χ1) is 6.45. The summed E-state index contributed by atoms with van der Waals surface area (Å²) in [5.41, 5.74) is 5.84. The van der Waals surface area contributed by atoms with Crippen LogP contribution in [0.2, 0.25) is 0 Å². The highest BCUT2D eigenvalue weighted by molar-refractivity contribution is 5.47. The van der Waals surface area contributed by atoms with E-state index < -0.39 is 12.2 Å². The molecular formula is C10H10F3N. The molecule has 0 aromatic heterocycles. The van der Waals surface area contributed by atoms with Crippen molar-refractivity contribution in [1.82, 2.24) is 0 Å². The summed E-state index contributed by atoms with van der Waals surface area (Å²) in [6.07, 6.45) is -2.83. The predicted octanol–water partition coefficient (Wildman–Crippen LogP) is 2.89. The zero-order valence-electron chi connectivity index (χ0n) is 7.38. The van der Waals surface area contributed by atoms with Crippen LogP contribution in [-0.2, 0) is 0 Å².